The smallest absolute Gasteiger partial charge is 0.319 e. The number of halogens is 3. The first-order chi connectivity index (χ1) is 15.4. The van der Waals surface area contributed by atoms with Crippen molar-refractivity contribution in [2.45, 2.75) is 18.9 Å². The van der Waals surface area contributed by atoms with Gasteiger partial charge in [-0.3, -0.25) is 4.79 Å². The van der Waals surface area contributed by atoms with Gasteiger partial charge in [0.15, 0.2) is 0 Å². The number of nitrogens with one attached hydrogen (secondary N) is 2. The van der Waals surface area contributed by atoms with Crippen LogP contribution in [-0.4, -0.2) is 24.5 Å². The lowest BCUT2D eigenvalue weighted by atomic mass is 10.0. The highest BCUT2D eigenvalue weighted by Crippen LogP contribution is 2.30. The molecule has 0 saturated carbocycles. The van der Waals surface area contributed by atoms with Gasteiger partial charge in [0, 0.05) is 22.8 Å². The SMILES string of the molecule is O=C(Nc1ccc(Cl)cc1)N[C@@H]1CCCN(c2ccc(-c3ccccc3F)cc2F)C1=O. The molecule has 0 aliphatic carbocycles. The van der Waals surface area contributed by atoms with Crippen molar-refractivity contribution in [3.63, 3.8) is 0 Å². The molecule has 1 fully saturated rings. The van der Waals surface area contributed by atoms with Crippen LogP contribution in [0.4, 0.5) is 25.0 Å². The molecule has 164 valence electrons. The Morgan fingerprint density at radius 3 is 2.47 bits per heavy atom. The van der Waals surface area contributed by atoms with Gasteiger partial charge in [0.2, 0.25) is 5.91 Å². The topological polar surface area (TPSA) is 61.4 Å². The Hall–Kier alpha value is -3.45. The Morgan fingerprint density at radius 1 is 1.00 bits per heavy atom. The van der Waals surface area contributed by atoms with E-state index in [4.69, 9.17) is 11.6 Å². The van der Waals surface area contributed by atoms with Gasteiger partial charge in [-0.2, -0.15) is 0 Å². The summed E-state index contributed by atoms with van der Waals surface area (Å²) in [5, 5.41) is 5.83. The number of anilines is 2. The van der Waals surface area contributed by atoms with Crippen molar-refractivity contribution in [3.8, 4) is 11.1 Å². The maximum absolute atomic E-state index is 14.9. The van der Waals surface area contributed by atoms with E-state index in [1.165, 1.54) is 23.1 Å². The Kier molecular flexibility index (Phi) is 6.37. The molecule has 1 atom stereocenters. The van der Waals surface area contributed by atoms with Gasteiger partial charge in [-0.25, -0.2) is 13.6 Å². The predicted molar refractivity (Wildman–Crippen MR) is 121 cm³/mol. The van der Waals surface area contributed by atoms with E-state index < -0.39 is 29.6 Å². The van der Waals surface area contributed by atoms with Crippen molar-refractivity contribution in [1.82, 2.24) is 5.32 Å². The average Bonchev–Trinajstić information content (AvgIpc) is 2.77. The maximum Gasteiger partial charge on any atom is 0.319 e. The summed E-state index contributed by atoms with van der Waals surface area (Å²) in [7, 11) is 0. The largest absolute Gasteiger partial charge is 0.326 e. The second-order valence-corrected chi connectivity index (χ2v) is 7.87. The number of nitrogens with zero attached hydrogens (tertiary/aromatic N) is 1. The first-order valence-corrected chi connectivity index (χ1v) is 10.5. The minimum absolute atomic E-state index is 0.0969. The molecule has 0 radical (unpaired) electrons. The van der Waals surface area contributed by atoms with Crippen LogP contribution in [0.2, 0.25) is 5.02 Å². The van der Waals surface area contributed by atoms with Gasteiger partial charge in [-0.15, -0.1) is 0 Å². The van der Waals surface area contributed by atoms with E-state index in [2.05, 4.69) is 10.6 Å². The highest BCUT2D eigenvalue weighted by molar-refractivity contribution is 6.30. The number of hydrogen-bond donors (Lipinski definition) is 2. The number of hydrogen-bond acceptors (Lipinski definition) is 2. The second-order valence-electron chi connectivity index (χ2n) is 7.44. The fourth-order valence-electron chi connectivity index (χ4n) is 3.70. The lowest BCUT2D eigenvalue weighted by Crippen LogP contribution is -2.53. The number of urea groups is 1. The monoisotopic (exact) mass is 455 g/mol. The number of benzene rings is 3. The summed E-state index contributed by atoms with van der Waals surface area (Å²) < 4.78 is 28.9. The number of carbonyl (C=O) groups excluding carboxylic acids is 2. The van der Waals surface area contributed by atoms with Crippen molar-refractivity contribution < 1.29 is 18.4 Å². The molecule has 3 aromatic carbocycles. The van der Waals surface area contributed by atoms with Crippen LogP contribution < -0.4 is 15.5 Å². The van der Waals surface area contributed by atoms with Gasteiger partial charge in [-0.1, -0.05) is 35.9 Å². The van der Waals surface area contributed by atoms with Crippen LogP contribution in [0.1, 0.15) is 12.8 Å². The molecule has 2 N–H and O–H groups in total. The molecule has 0 spiro atoms. The molecule has 1 aliphatic rings. The lowest BCUT2D eigenvalue weighted by Gasteiger charge is -2.33. The number of piperidine rings is 1. The minimum Gasteiger partial charge on any atom is -0.326 e. The number of amides is 3. The van der Waals surface area contributed by atoms with Crippen molar-refractivity contribution in [1.29, 1.82) is 0 Å². The molecule has 0 unspecified atom stereocenters. The summed E-state index contributed by atoms with van der Waals surface area (Å²) >= 11 is 5.83. The first kappa shape index (κ1) is 21.8. The minimum atomic E-state index is -0.790. The quantitative estimate of drug-likeness (QED) is 0.537. The molecule has 1 aliphatic heterocycles. The van der Waals surface area contributed by atoms with E-state index in [0.29, 0.717) is 35.7 Å². The number of carbonyl (C=O) groups is 2. The first-order valence-electron chi connectivity index (χ1n) is 10.1. The fraction of sp³-hybridized carbons (Fsp3) is 0.167. The van der Waals surface area contributed by atoms with Gasteiger partial charge in [0.05, 0.1) is 5.69 Å². The normalized spacial score (nSPS) is 16.0. The summed E-state index contributed by atoms with van der Waals surface area (Å²) in [6.45, 7) is 0.325. The molecule has 3 aromatic rings. The number of rotatable bonds is 4. The van der Waals surface area contributed by atoms with Crippen LogP contribution in [0.25, 0.3) is 11.1 Å². The lowest BCUT2D eigenvalue weighted by molar-refractivity contribution is -0.121. The highest BCUT2D eigenvalue weighted by Gasteiger charge is 2.32. The Bertz CT molecular complexity index is 1150. The van der Waals surface area contributed by atoms with Crippen LogP contribution in [0.3, 0.4) is 0 Å². The molecular weight excluding hydrogens is 436 g/mol. The van der Waals surface area contributed by atoms with E-state index in [9.17, 15) is 18.4 Å². The molecule has 0 bridgehead atoms. The molecule has 0 aromatic heterocycles. The van der Waals surface area contributed by atoms with Gasteiger partial charge in [0.1, 0.15) is 17.7 Å². The second kappa shape index (κ2) is 9.36. The van der Waals surface area contributed by atoms with Crippen LogP contribution in [-0.2, 0) is 4.79 Å². The Morgan fingerprint density at radius 2 is 1.75 bits per heavy atom. The average molecular weight is 456 g/mol. The predicted octanol–water partition coefficient (Wildman–Crippen LogP) is 5.60. The third kappa shape index (κ3) is 4.73. The van der Waals surface area contributed by atoms with Crippen LogP contribution in [0.5, 0.6) is 0 Å². The van der Waals surface area contributed by atoms with Crippen molar-refractivity contribution in [2.75, 3.05) is 16.8 Å². The zero-order valence-corrected chi connectivity index (χ0v) is 17.7. The van der Waals surface area contributed by atoms with E-state index in [0.717, 1.165) is 0 Å². The van der Waals surface area contributed by atoms with Crippen molar-refractivity contribution in [3.05, 3.63) is 83.4 Å². The summed E-state index contributed by atoms with van der Waals surface area (Å²) in [6.07, 6.45) is 1.03. The van der Waals surface area contributed by atoms with E-state index >= 15 is 0 Å². The van der Waals surface area contributed by atoms with Gasteiger partial charge in [0.25, 0.3) is 0 Å². The van der Waals surface area contributed by atoms with Crippen molar-refractivity contribution >= 4 is 34.9 Å². The third-order valence-corrected chi connectivity index (χ3v) is 5.52. The van der Waals surface area contributed by atoms with E-state index in [1.807, 2.05) is 0 Å². The third-order valence-electron chi connectivity index (χ3n) is 5.27. The standard InChI is InChI=1S/C24H20ClF2N3O2/c25-16-8-10-17(11-9-16)28-24(32)29-21-6-3-13-30(23(21)31)22-12-7-15(14-20(22)27)18-4-1-2-5-19(18)26/h1-2,4-5,7-12,14,21H,3,6,13H2,(H2,28,29,32)/t21-/m1/s1. The summed E-state index contributed by atoms with van der Waals surface area (Å²) in [6, 6.07) is 15.6. The Labute approximate surface area is 189 Å². The van der Waals surface area contributed by atoms with Crippen LogP contribution in [0, 0.1) is 11.6 Å². The van der Waals surface area contributed by atoms with Gasteiger partial charge >= 0.3 is 6.03 Å². The highest BCUT2D eigenvalue weighted by atomic mass is 35.5. The molecule has 5 nitrogen and oxygen atoms in total. The fourth-order valence-corrected chi connectivity index (χ4v) is 3.82. The summed E-state index contributed by atoms with van der Waals surface area (Å²) in [4.78, 5) is 26.6. The molecule has 1 heterocycles. The maximum atomic E-state index is 14.9. The molecule has 32 heavy (non-hydrogen) atoms. The Balaban J connectivity index is 1.47. The molecule has 8 heteroatoms. The summed E-state index contributed by atoms with van der Waals surface area (Å²) in [5.41, 5.74) is 1.29. The zero-order chi connectivity index (χ0) is 22.7. The van der Waals surface area contributed by atoms with Gasteiger partial charge in [-0.05, 0) is 60.9 Å². The molecule has 3 amide bonds. The van der Waals surface area contributed by atoms with Crippen molar-refractivity contribution in [2.24, 2.45) is 0 Å². The van der Waals surface area contributed by atoms with E-state index in [1.54, 1.807) is 48.5 Å². The molecule has 4 rings (SSSR count). The molecular formula is C24H20ClF2N3O2. The van der Waals surface area contributed by atoms with E-state index in [-0.39, 0.29) is 11.3 Å². The zero-order valence-electron chi connectivity index (χ0n) is 16.9. The summed E-state index contributed by atoms with van der Waals surface area (Å²) in [5.74, 6) is -1.49. The van der Waals surface area contributed by atoms with Gasteiger partial charge < -0.3 is 15.5 Å². The van der Waals surface area contributed by atoms with Crippen LogP contribution >= 0.6 is 11.6 Å². The van der Waals surface area contributed by atoms with Crippen LogP contribution in [0.15, 0.2) is 66.7 Å². The molecule has 1 saturated heterocycles.